The number of hydrogen-bond donors (Lipinski definition) is 2. The molecule has 0 spiro atoms. The molecule has 0 heterocycles. The fourth-order valence-corrected chi connectivity index (χ4v) is 1.51. The first-order valence-corrected chi connectivity index (χ1v) is 5.29. The first-order valence-electron chi connectivity index (χ1n) is 5.29. The molecular formula is C11H16N2O3. The Balaban J connectivity index is 2.44. The molecule has 0 bridgehead atoms. The maximum atomic E-state index is 10.7. The van der Waals surface area contributed by atoms with Crippen molar-refractivity contribution in [3.8, 4) is 0 Å². The number of nitrogens with zero attached hydrogens (tertiary/aromatic N) is 1. The van der Waals surface area contributed by atoms with Crippen molar-refractivity contribution in [1.29, 1.82) is 0 Å². The smallest absolute Gasteiger partial charge is 0.272 e. The molecule has 0 saturated carbocycles. The van der Waals surface area contributed by atoms with Crippen molar-refractivity contribution in [3.63, 3.8) is 0 Å². The summed E-state index contributed by atoms with van der Waals surface area (Å²) in [6.07, 6.45) is 1.50. The van der Waals surface area contributed by atoms with Crippen LogP contribution in [0.5, 0.6) is 0 Å². The number of rotatable bonds is 7. The molecule has 0 saturated heterocycles. The number of aryl methyl sites for hydroxylation is 1. The minimum atomic E-state index is -0.351. The van der Waals surface area contributed by atoms with Crippen LogP contribution in [0.25, 0.3) is 0 Å². The molecule has 5 nitrogen and oxygen atoms in total. The van der Waals surface area contributed by atoms with Gasteiger partial charge >= 0.3 is 0 Å². The van der Waals surface area contributed by atoms with Gasteiger partial charge in [0.25, 0.3) is 5.69 Å². The Morgan fingerprint density at radius 1 is 1.31 bits per heavy atom. The summed E-state index contributed by atoms with van der Waals surface area (Å²) in [5.41, 5.74) is 0.947. The molecule has 16 heavy (non-hydrogen) atoms. The fraction of sp³-hybridized carbons (Fsp3) is 0.455. The van der Waals surface area contributed by atoms with E-state index in [9.17, 15) is 10.1 Å². The summed E-state index contributed by atoms with van der Waals surface area (Å²) in [6.45, 7) is 1.44. The van der Waals surface area contributed by atoms with Crippen LogP contribution in [0.1, 0.15) is 12.0 Å². The number of benzene rings is 1. The van der Waals surface area contributed by atoms with E-state index in [2.05, 4.69) is 5.32 Å². The third kappa shape index (κ3) is 3.96. The zero-order valence-corrected chi connectivity index (χ0v) is 9.06. The minimum absolute atomic E-state index is 0.117. The molecule has 1 aromatic rings. The predicted octanol–water partition coefficient (Wildman–Crippen LogP) is 1.11. The third-order valence-electron chi connectivity index (χ3n) is 2.28. The van der Waals surface area contributed by atoms with Crippen LogP contribution in [0, 0.1) is 10.1 Å². The van der Waals surface area contributed by atoms with E-state index in [4.69, 9.17) is 5.11 Å². The SMILES string of the molecule is O=[N+]([O-])c1ccccc1CCCNCCO. The Morgan fingerprint density at radius 3 is 2.75 bits per heavy atom. The molecule has 1 rings (SSSR count). The summed E-state index contributed by atoms with van der Waals surface area (Å²) in [5, 5.41) is 22.3. The number of para-hydroxylation sites is 1. The second-order valence-corrected chi connectivity index (χ2v) is 3.46. The Morgan fingerprint density at radius 2 is 2.06 bits per heavy atom. The normalized spacial score (nSPS) is 10.3. The van der Waals surface area contributed by atoms with E-state index in [0.29, 0.717) is 13.0 Å². The highest BCUT2D eigenvalue weighted by Crippen LogP contribution is 2.18. The third-order valence-corrected chi connectivity index (χ3v) is 2.28. The molecule has 0 aliphatic carbocycles. The molecule has 0 aliphatic rings. The molecule has 1 aromatic carbocycles. The average molecular weight is 224 g/mol. The summed E-state index contributed by atoms with van der Waals surface area (Å²) in [7, 11) is 0. The lowest BCUT2D eigenvalue weighted by molar-refractivity contribution is -0.385. The summed E-state index contributed by atoms with van der Waals surface area (Å²) in [5.74, 6) is 0. The first kappa shape index (κ1) is 12.6. The number of nitro groups is 1. The van der Waals surface area contributed by atoms with E-state index in [1.807, 2.05) is 6.07 Å². The lowest BCUT2D eigenvalue weighted by atomic mass is 10.1. The van der Waals surface area contributed by atoms with Crippen LogP contribution in [-0.2, 0) is 6.42 Å². The Hall–Kier alpha value is -1.46. The van der Waals surface area contributed by atoms with Crippen molar-refractivity contribution >= 4 is 5.69 Å². The van der Waals surface area contributed by atoms with Gasteiger partial charge < -0.3 is 10.4 Å². The Labute approximate surface area is 94.3 Å². The quantitative estimate of drug-likeness (QED) is 0.413. The lowest BCUT2D eigenvalue weighted by Gasteiger charge is -2.03. The highest BCUT2D eigenvalue weighted by atomic mass is 16.6. The van der Waals surface area contributed by atoms with Crippen molar-refractivity contribution in [2.45, 2.75) is 12.8 Å². The second-order valence-electron chi connectivity index (χ2n) is 3.46. The topological polar surface area (TPSA) is 75.4 Å². The largest absolute Gasteiger partial charge is 0.395 e. The van der Waals surface area contributed by atoms with Crippen LogP contribution in [0.2, 0.25) is 0 Å². The number of hydrogen-bond acceptors (Lipinski definition) is 4. The highest BCUT2D eigenvalue weighted by molar-refractivity contribution is 5.39. The second kappa shape index (κ2) is 6.92. The van der Waals surface area contributed by atoms with Gasteiger partial charge in [-0.25, -0.2) is 0 Å². The molecule has 0 radical (unpaired) electrons. The minimum Gasteiger partial charge on any atom is -0.395 e. The van der Waals surface area contributed by atoms with E-state index < -0.39 is 0 Å². The van der Waals surface area contributed by atoms with Crippen LogP contribution in [0.15, 0.2) is 24.3 Å². The molecule has 2 N–H and O–H groups in total. The molecule has 0 atom stereocenters. The lowest BCUT2D eigenvalue weighted by Crippen LogP contribution is -2.19. The zero-order chi connectivity index (χ0) is 11.8. The number of nitro benzene ring substituents is 1. The van der Waals surface area contributed by atoms with E-state index in [0.717, 1.165) is 18.5 Å². The summed E-state index contributed by atoms with van der Waals surface area (Å²) >= 11 is 0. The first-order chi connectivity index (χ1) is 7.75. The molecule has 0 aliphatic heterocycles. The van der Waals surface area contributed by atoms with Gasteiger partial charge in [-0.05, 0) is 19.4 Å². The van der Waals surface area contributed by atoms with Crippen molar-refractivity contribution < 1.29 is 10.0 Å². The van der Waals surface area contributed by atoms with Crippen molar-refractivity contribution in [2.24, 2.45) is 0 Å². The number of nitrogens with one attached hydrogen (secondary N) is 1. The van der Waals surface area contributed by atoms with E-state index in [1.165, 1.54) is 6.07 Å². The van der Waals surface area contributed by atoms with Gasteiger partial charge in [-0.15, -0.1) is 0 Å². The monoisotopic (exact) mass is 224 g/mol. The van der Waals surface area contributed by atoms with Crippen LogP contribution in [-0.4, -0.2) is 29.7 Å². The van der Waals surface area contributed by atoms with Crippen LogP contribution in [0.4, 0.5) is 5.69 Å². The van der Waals surface area contributed by atoms with E-state index >= 15 is 0 Å². The number of aliphatic hydroxyl groups is 1. The molecule has 0 amide bonds. The summed E-state index contributed by atoms with van der Waals surface area (Å²) in [4.78, 5) is 10.4. The van der Waals surface area contributed by atoms with Gasteiger partial charge in [0.1, 0.15) is 0 Å². The molecule has 5 heteroatoms. The maximum Gasteiger partial charge on any atom is 0.272 e. The number of aliphatic hydroxyl groups excluding tert-OH is 1. The molecule has 0 aromatic heterocycles. The average Bonchev–Trinajstić information content (AvgIpc) is 2.29. The molecule has 0 fully saturated rings. The molecular weight excluding hydrogens is 208 g/mol. The molecule has 0 unspecified atom stereocenters. The Kier molecular flexibility index (Phi) is 5.45. The van der Waals surface area contributed by atoms with E-state index in [1.54, 1.807) is 12.1 Å². The summed E-state index contributed by atoms with van der Waals surface area (Å²) in [6, 6.07) is 6.79. The van der Waals surface area contributed by atoms with Gasteiger partial charge in [0.2, 0.25) is 0 Å². The van der Waals surface area contributed by atoms with Gasteiger partial charge in [-0.2, -0.15) is 0 Å². The Bertz CT molecular complexity index is 342. The van der Waals surface area contributed by atoms with Crippen LogP contribution in [0.3, 0.4) is 0 Å². The van der Waals surface area contributed by atoms with Crippen LogP contribution >= 0.6 is 0 Å². The predicted molar refractivity (Wildman–Crippen MR) is 61.4 cm³/mol. The van der Waals surface area contributed by atoms with Crippen molar-refractivity contribution in [3.05, 3.63) is 39.9 Å². The van der Waals surface area contributed by atoms with Gasteiger partial charge in [-0.1, -0.05) is 18.2 Å². The standard InChI is InChI=1S/C11H16N2O3/c14-9-8-12-7-3-5-10-4-1-2-6-11(10)13(15)16/h1-2,4,6,12,14H,3,5,7-9H2. The maximum absolute atomic E-state index is 10.7. The zero-order valence-electron chi connectivity index (χ0n) is 9.06. The van der Waals surface area contributed by atoms with Gasteiger partial charge in [0.05, 0.1) is 11.5 Å². The van der Waals surface area contributed by atoms with Gasteiger partial charge in [0, 0.05) is 18.2 Å². The van der Waals surface area contributed by atoms with Crippen LogP contribution < -0.4 is 5.32 Å². The van der Waals surface area contributed by atoms with Gasteiger partial charge in [0.15, 0.2) is 0 Å². The summed E-state index contributed by atoms with van der Waals surface area (Å²) < 4.78 is 0. The van der Waals surface area contributed by atoms with Crippen molar-refractivity contribution in [1.82, 2.24) is 5.32 Å². The fourth-order valence-electron chi connectivity index (χ4n) is 1.51. The van der Waals surface area contributed by atoms with Crippen molar-refractivity contribution in [2.75, 3.05) is 19.7 Å². The molecule has 88 valence electrons. The van der Waals surface area contributed by atoms with E-state index in [-0.39, 0.29) is 17.2 Å². The van der Waals surface area contributed by atoms with Gasteiger partial charge in [-0.3, -0.25) is 10.1 Å². The highest BCUT2D eigenvalue weighted by Gasteiger charge is 2.10.